The second-order valence-electron chi connectivity index (χ2n) is 8.87. The average Bonchev–Trinajstić information content (AvgIpc) is 3.28. The van der Waals surface area contributed by atoms with E-state index < -0.39 is 11.7 Å². The third kappa shape index (κ3) is 4.68. The Morgan fingerprint density at radius 2 is 1.71 bits per heavy atom. The molecule has 34 heavy (non-hydrogen) atoms. The summed E-state index contributed by atoms with van der Waals surface area (Å²) < 4.78 is 51.0. The minimum atomic E-state index is -4.40. The number of benzene rings is 3. The number of ether oxygens (including phenoxy) is 1. The standard InChI is InChI=1S/C28H26F3NO2/c1-33-26-15-19(18-32-12-10-21(11-13-32)20-6-3-2-4-7-20)14-23-17-25(34-27(23)26)22-8-5-9-24(16-22)28(29,30)31/h2-9,14-17,21H,10-13,18H2,1H3. The Morgan fingerprint density at radius 1 is 0.941 bits per heavy atom. The van der Waals surface area contributed by atoms with Gasteiger partial charge in [0, 0.05) is 17.5 Å². The first kappa shape index (κ1) is 22.5. The van der Waals surface area contributed by atoms with Gasteiger partial charge in [-0.25, -0.2) is 0 Å². The summed E-state index contributed by atoms with van der Waals surface area (Å²) in [5, 5.41) is 0.820. The molecule has 0 spiro atoms. The molecule has 176 valence electrons. The van der Waals surface area contributed by atoms with Crippen LogP contribution in [0.5, 0.6) is 5.75 Å². The molecule has 0 radical (unpaired) electrons. The normalized spacial score (nSPS) is 15.6. The van der Waals surface area contributed by atoms with Gasteiger partial charge in [-0.15, -0.1) is 0 Å². The van der Waals surface area contributed by atoms with Gasteiger partial charge < -0.3 is 9.15 Å². The molecule has 0 unspecified atom stereocenters. The third-order valence-corrected chi connectivity index (χ3v) is 6.60. The second kappa shape index (κ2) is 9.18. The molecule has 0 saturated carbocycles. The highest BCUT2D eigenvalue weighted by Gasteiger charge is 2.30. The summed E-state index contributed by atoms with van der Waals surface area (Å²) in [6.07, 6.45) is -2.16. The number of halogens is 3. The van der Waals surface area contributed by atoms with Gasteiger partial charge in [0.1, 0.15) is 5.76 Å². The van der Waals surface area contributed by atoms with E-state index in [4.69, 9.17) is 9.15 Å². The SMILES string of the molecule is COc1cc(CN2CCC(c3ccccc3)CC2)cc2cc(-c3cccc(C(F)(F)F)c3)oc12. The lowest BCUT2D eigenvalue weighted by Gasteiger charge is -2.32. The molecule has 3 nitrogen and oxygen atoms in total. The van der Waals surface area contributed by atoms with Gasteiger partial charge in [-0.1, -0.05) is 42.5 Å². The first-order valence-electron chi connectivity index (χ1n) is 11.5. The average molecular weight is 466 g/mol. The summed E-state index contributed by atoms with van der Waals surface area (Å²) >= 11 is 0. The van der Waals surface area contributed by atoms with Gasteiger partial charge in [0.15, 0.2) is 11.3 Å². The Kier molecular flexibility index (Phi) is 6.09. The summed E-state index contributed by atoms with van der Waals surface area (Å²) in [7, 11) is 1.58. The molecule has 1 saturated heterocycles. The molecule has 4 aromatic rings. The molecule has 1 fully saturated rings. The number of methoxy groups -OCH3 is 1. The van der Waals surface area contributed by atoms with E-state index >= 15 is 0 Å². The summed E-state index contributed by atoms with van der Waals surface area (Å²) in [6.45, 7) is 2.82. The summed E-state index contributed by atoms with van der Waals surface area (Å²) in [5.74, 6) is 1.57. The van der Waals surface area contributed by atoms with E-state index in [9.17, 15) is 13.2 Å². The number of furan rings is 1. The number of hydrogen-bond donors (Lipinski definition) is 0. The van der Waals surface area contributed by atoms with E-state index in [-0.39, 0.29) is 0 Å². The van der Waals surface area contributed by atoms with Crippen LogP contribution in [0.4, 0.5) is 13.2 Å². The van der Waals surface area contributed by atoms with Crippen LogP contribution in [0, 0.1) is 0 Å². The number of likely N-dealkylation sites (tertiary alicyclic amines) is 1. The topological polar surface area (TPSA) is 25.6 Å². The number of piperidine rings is 1. The molecule has 0 N–H and O–H groups in total. The lowest BCUT2D eigenvalue weighted by Crippen LogP contribution is -2.32. The molecule has 0 atom stereocenters. The van der Waals surface area contributed by atoms with Crippen molar-refractivity contribution in [2.75, 3.05) is 20.2 Å². The highest BCUT2D eigenvalue weighted by molar-refractivity contribution is 5.88. The molecule has 1 aliphatic heterocycles. The van der Waals surface area contributed by atoms with Gasteiger partial charge >= 0.3 is 6.18 Å². The Balaban J connectivity index is 1.36. The zero-order valence-corrected chi connectivity index (χ0v) is 18.9. The lowest BCUT2D eigenvalue weighted by molar-refractivity contribution is -0.137. The molecular weight excluding hydrogens is 439 g/mol. The highest BCUT2D eigenvalue weighted by atomic mass is 19.4. The van der Waals surface area contributed by atoms with Crippen molar-refractivity contribution in [2.24, 2.45) is 0 Å². The highest BCUT2D eigenvalue weighted by Crippen LogP contribution is 2.37. The number of alkyl halides is 3. The van der Waals surface area contributed by atoms with E-state index in [0.29, 0.717) is 28.6 Å². The predicted octanol–water partition coefficient (Wildman–Crippen LogP) is 7.51. The smallest absolute Gasteiger partial charge is 0.416 e. The molecule has 5 rings (SSSR count). The minimum absolute atomic E-state index is 0.387. The van der Waals surface area contributed by atoms with E-state index in [2.05, 4.69) is 35.2 Å². The largest absolute Gasteiger partial charge is 0.493 e. The van der Waals surface area contributed by atoms with Crippen LogP contribution < -0.4 is 4.74 Å². The van der Waals surface area contributed by atoms with Crippen molar-refractivity contribution in [1.82, 2.24) is 4.90 Å². The van der Waals surface area contributed by atoms with Gasteiger partial charge in [0.2, 0.25) is 0 Å². The maximum absolute atomic E-state index is 13.1. The fourth-order valence-electron chi connectivity index (χ4n) is 4.82. The van der Waals surface area contributed by atoms with E-state index in [1.165, 1.54) is 11.6 Å². The predicted molar refractivity (Wildman–Crippen MR) is 127 cm³/mol. The van der Waals surface area contributed by atoms with Crippen LogP contribution in [0.1, 0.15) is 35.4 Å². The fourth-order valence-corrected chi connectivity index (χ4v) is 4.82. The third-order valence-electron chi connectivity index (χ3n) is 6.60. The van der Waals surface area contributed by atoms with Crippen molar-refractivity contribution < 1.29 is 22.3 Å². The number of fused-ring (bicyclic) bond motifs is 1. The van der Waals surface area contributed by atoms with Gasteiger partial charge in [-0.3, -0.25) is 4.90 Å². The molecular formula is C28H26F3NO2. The molecule has 2 heterocycles. The zero-order valence-electron chi connectivity index (χ0n) is 18.9. The fraction of sp³-hybridized carbons (Fsp3) is 0.286. The first-order chi connectivity index (χ1) is 16.4. The maximum atomic E-state index is 13.1. The Labute approximate surface area is 196 Å². The van der Waals surface area contributed by atoms with Crippen LogP contribution in [-0.2, 0) is 12.7 Å². The van der Waals surface area contributed by atoms with Crippen molar-refractivity contribution in [2.45, 2.75) is 31.5 Å². The quantitative estimate of drug-likeness (QED) is 0.305. The van der Waals surface area contributed by atoms with Crippen LogP contribution in [-0.4, -0.2) is 25.1 Å². The monoisotopic (exact) mass is 465 g/mol. The molecule has 1 aliphatic rings. The molecule has 1 aromatic heterocycles. The van der Waals surface area contributed by atoms with Crippen LogP contribution >= 0.6 is 0 Å². The van der Waals surface area contributed by atoms with Crippen LogP contribution in [0.25, 0.3) is 22.3 Å². The van der Waals surface area contributed by atoms with Gasteiger partial charge in [0.05, 0.1) is 12.7 Å². The van der Waals surface area contributed by atoms with Gasteiger partial charge in [-0.2, -0.15) is 13.2 Å². The number of rotatable bonds is 5. The van der Waals surface area contributed by atoms with Gasteiger partial charge in [0.25, 0.3) is 0 Å². The Bertz CT molecular complexity index is 1270. The molecule has 6 heteroatoms. The maximum Gasteiger partial charge on any atom is 0.416 e. The summed E-state index contributed by atoms with van der Waals surface area (Å²) in [5.41, 5.74) is 2.74. The van der Waals surface area contributed by atoms with E-state index in [1.54, 1.807) is 19.2 Å². The molecule has 0 bridgehead atoms. The summed E-state index contributed by atoms with van der Waals surface area (Å²) in [6, 6.07) is 21.7. The zero-order chi connectivity index (χ0) is 23.7. The molecule has 0 aliphatic carbocycles. The number of hydrogen-bond acceptors (Lipinski definition) is 3. The van der Waals surface area contributed by atoms with E-state index in [0.717, 1.165) is 55.6 Å². The van der Waals surface area contributed by atoms with Crippen molar-refractivity contribution in [3.8, 4) is 17.1 Å². The first-order valence-corrected chi connectivity index (χ1v) is 11.5. The minimum Gasteiger partial charge on any atom is -0.493 e. The number of nitrogens with zero attached hydrogens (tertiary/aromatic N) is 1. The van der Waals surface area contributed by atoms with Crippen molar-refractivity contribution in [3.63, 3.8) is 0 Å². The summed E-state index contributed by atoms with van der Waals surface area (Å²) in [4.78, 5) is 2.44. The van der Waals surface area contributed by atoms with Crippen LogP contribution in [0.2, 0.25) is 0 Å². The van der Waals surface area contributed by atoms with E-state index in [1.807, 2.05) is 12.1 Å². The lowest BCUT2D eigenvalue weighted by atomic mass is 9.89. The molecule has 3 aromatic carbocycles. The van der Waals surface area contributed by atoms with Crippen molar-refractivity contribution >= 4 is 11.0 Å². The van der Waals surface area contributed by atoms with Crippen LogP contribution in [0.15, 0.2) is 77.2 Å². The molecule has 0 amide bonds. The van der Waals surface area contributed by atoms with Gasteiger partial charge in [-0.05, 0) is 73.3 Å². The van der Waals surface area contributed by atoms with Crippen molar-refractivity contribution in [1.29, 1.82) is 0 Å². The Morgan fingerprint density at radius 3 is 2.41 bits per heavy atom. The Hall–Kier alpha value is -3.25. The van der Waals surface area contributed by atoms with Crippen molar-refractivity contribution in [3.05, 3.63) is 89.5 Å². The van der Waals surface area contributed by atoms with Crippen LogP contribution in [0.3, 0.4) is 0 Å². The second-order valence-corrected chi connectivity index (χ2v) is 8.87.